The van der Waals surface area contributed by atoms with Crippen LogP contribution in [0.4, 0.5) is 0 Å². The van der Waals surface area contributed by atoms with Crippen LogP contribution in [0.2, 0.25) is 5.02 Å². The molecule has 2 aliphatic heterocycles. The van der Waals surface area contributed by atoms with Gasteiger partial charge in [-0.05, 0) is 98.6 Å². The van der Waals surface area contributed by atoms with Gasteiger partial charge in [-0.25, -0.2) is 0 Å². The molecule has 0 radical (unpaired) electrons. The van der Waals surface area contributed by atoms with E-state index in [9.17, 15) is 33.6 Å². The van der Waals surface area contributed by atoms with Gasteiger partial charge in [0.15, 0.2) is 11.9 Å². The molecule has 8 atom stereocenters. The number of aromatic nitrogens is 1. The number of carbonyl (C=O) groups is 9. The van der Waals surface area contributed by atoms with Crippen LogP contribution >= 0.6 is 11.6 Å². The third kappa shape index (κ3) is 19.2. The van der Waals surface area contributed by atoms with Gasteiger partial charge in [0.05, 0.1) is 6.42 Å². The number of hydrogen-bond acceptors (Lipinski definition) is 11. The van der Waals surface area contributed by atoms with Gasteiger partial charge in [-0.1, -0.05) is 72.3 Å². The molecule has 1 aromatic heterocycles. The fourth-order valence-electron chi connectivity index (χ4n) is 10.1. The minimum Gasteiger partial charge on any atom is -0.370 e. The molecule has 440 valence electrons. The lowest BCUT2D eigenvalue weighted by atomic mass is 9.96. The second-order valence-corrected chi connectivity index (χ2v) is 21.0. The number of aliphatic imine (C=N–C) groups is 2. The number of nitrogens with one attached hydrogen (secondary N) is 8. The molecule has 0 bridgehead atoms. The van der Waals surface area contributed by atoms with Gasteiger partial charge in [0.2, 0.25) is 53.2 Å². The Balaban J connectivity index is 1.40. The maximum Gasteiger partial charge on any atom is 0.246 e. The first-order chi connectivity index (χ1) is 39.2. The maximum atomic E-state index is 15.2. The number of nitrogens with zero attached hydrogens (tertiary/aromatic N) is 3. The van der Waals surface area contributed by atoms with Crippen LogP contribution in [-0.2, 0) is 62.4 Å². The van der Waals surface area contributed by atoms with Crippen LogP contribution in [0.5, 0.6) is 0 Å². The van der Waals surface area contributed by atoms with Crippen molar-refractivity contribution in [2.75, 3.05) is 26.2 Å². The number of rotatable bonds is 18. The predicted molar refractivity (Wildman–Crippen MR) is 309 cm³/mol. The first kappa shape index (κ1) is 62.5. The second-order valence-electron chi connectivity index (χ2n) is 20.6. The molecule has 3 heterocycles. The largest absolute Gasteiger partial charge is 0.370 e. The van der Waals surface area contributed by atoms with Crippen molar-refractivity contribution in [1.82, 2.24) is 47.1 Å². The number of amides is 9. The van der Waals surface area contributed by atoms with Gasteiger partial charge in [-0.2, -0.15) is 0 Å². The number of H-pyrrole nitrogens is 1. The number of carbonyl (C=O) groups excluding carboxylic acids is 9. The summed E-state index contributed by atoms with van der Waals surface area (Å²) in [6.45, 7) is 1.39. The third-order valence-corrected chi connectivity index (χ3v) is 14.4. The Morgan fingerprint density at radius 1 is 0.720 bits per heavy atom. The zero-order valence-corrected chi connectivity index (χ0v) is 46.6. The molecule has 18 N–H and O–H groups in total. The quantitative estimate of drug-likeness (QED) is 0.0333. The van der Waals surface area contributed by atoms with Gasteiger partial charge < -0.3 is 75.8 Å². The highest BCUT2D eigenvalue weighted by Crippen LogP contribution is 2.29. The second kappa shape index (κ2) is 30.7. The number of fused-ring (bicyclic) bond motifs is 2. The van der Waals surface area contributed by atoms with Crippen molar-refractivity contribution >= 4 is 87.6 Å². The van der Waals surface area contributed by atoms with Crippen molar-refractivity contribution in [1.29, 1.82) is 0 Å². The van der Waals surface area contributed by atoms with Crippen LogP contribution in [-0.4, -0.2) is 143 Å². The van der Waals surface area contributed by atoms with Crippen LogP contribution in [0.1, 0.15) is 81.4 Å². The molecule has 2 fully saturated rings. The van der Waals surface area contributed by atoms with E-state index in [2.05, 4.69) is 52.2 Å². The number of aromatic amines is 1. The highest BCUT2D eigenvalue weighted by molar-refractivity contribution is 6.30. The lowest BCUT2D eigenvalue weighted by Crippen LogP contribution is -2.60. The SMILES string of the molecule is CC(=O)N[C@H](CCCN=C(N)N)C(=O)N[C@@H]1CC(=O)NCCCC[C@H](C(N)=O)NC(=O)[C@@H](Cc2c[nH]c3ccccc23)NC(=O)[C@@H](CCCN=C(N)N)NC(=O)[C@H](Cc2ccccc2)NC(=O)[C@H]2C[C@H](Cc3ccc(Cl)cc3)CN2C1=O. The average molecular weight is 1150 g/mol. The number of primary amides is 1. The summed E-state index contributed by atoms with van der Waals surface area (Å²) in [6, 6.07) is 13.8. The normalized spacial score (nSPS) is 22.0. The van der Waals surface area contributed by atoms with Gasteiger partial charge in [0, 0.05) is 68.1 Å². The van der Waals surface area contributed by atoms with E-state index in [4.69, 9.17) is 40.3 Å². The third-order valence-electron chi connectivity index (χ3n) is 14.2. The topological polar surface area (TPSA) is 412 Å². The van der Waals surface area contributed by atoms with E-state index in [0.29, 0.717) is 22.6 Å². The molecule has 6 rings (SSSR count). The molecule has 2 saturated heterocycles. The van der Waals surface area contributed by atoms with Crippen LogP contribution < -0.4 is 65.9 Å². The van der Waals surface area contributed by atoms with Gasteiger partial charge in [-0.15, -0.1) is 0 Å². The maximum absolute atomic E-state index is 15.2. The number of nitrogens with two attached hydrogens (primary N) is 5. The molecule has 0 unspecified atom stereocenters. The Labute approximate surface area is 479 Å². The average Bonchev–Trinajstić information content (AvgIpc) is 4.08. The molecule has 0 saturated carbocycles. The van der Waals surface area contributed by atoms with Crippen molar-refractivity contribution in [3.63, 3.8) is 0 Å². The Bertz CT molecular complexity index is 2950. The number of hydrogen-bond donors (Lipinski definition) is 13. The standard InChI is InChI=1S/C56H75ClN16O9/c1-32(74)67-41(16-9-23-64-55(59)60)49(77)72-45-29-47(75)63-22-8-7-15-40(48(58)76)68-52(80)44(28-36-30-66-39-14-6-5-13-38(36)39)70-50(78)42(17-10-24-65-56(61)62)69-51(79)43(26-33-11-3-2-4-12-33)71-53(81)46-27-35(31-73(46)54(45)82)25-34-18-20-37(57)21-19-34/h2-6,11-14,18-21,30,35,40-46,66H,7-10,15-17,22-29,31H2,1H3,(H2,58,76)(H,63,75)(H,67,74)(H,68,80)(H,69,79)(H,70,78)(H,71,81)(H,72,77)(H4,59,60,64)(H4,61,62,65)/t35-,40+,41+,42+,43-,44+,45+,46+/m0/s1. The Kier molecular flexibility index (Phi) is 23.4. The summed E-state index contributed by atoms with van der Waals surface area (Å²) in [7, 11) is 0. The zero-order chi connectivity index (χ0) is 59.3. The fraction of sp³-hybridized carbons (Fsp3) is 0.446. The summed E-state index contributed by atoms with van der Waals surface area (Å²) in [5, 5.41) is 20.5. The number of halogens is 1. The molecule has 26 heteroatoms. The minimum atomic E-state index is -1.60. The Hall–Kier alpha value is -8.74. The predicted octanol–water partition coefficient (Wildman–Crippen LogP) is -0.722. The fourth-order valence-corrected chi connectivity index (χ4v) is 10.2. The van der Waals surface area contributed by atoms with Gasteiger partial charge >= 0.3 is 0 Å². The van der Waals surface area contributed by atoms with Crippen LogP contribution in [0.15, 0.2) is 95.0 Å². The van der Waals surface area contributed by atoms with Gasteiger partial charge in [-0.3, -0.25) is 53.1 Å². The van der Waals surface area contributed by atoms with E-state index in [-0.39, 0.29) is 108 Å². The monoisotopic (exact) mass is 1150 g/mol. The van der Waals surface area contributed by atoms with Crippen molar-refractivity contribution in [2.45, 2.75) is 126 Å². The van der Waals surface area contributed by atoms with E-state index in [1.165, 1.54) is 11.8 Å². The molecule has 82 heavy (non-hydrogen) atoms. The summed E-state index contributed by atoms with van der Waals surface area (Å²) in [5.74, 6) is -7.52. The van der Waals surface area contributed by atoms with Crippen molar-refractivity contribution in [3.05, 3.63) is 107 Å². The summed E-state index contributed by atoms with van der Waals surface area (Å²) in [5.41, 5.74) is 31.0. The highest BCUT2D eigenvalue weighted by Gasteiger charge is 2.44. The summed E-state index contributed by atoms with van der Waals surface area (Å²) in [4.78, 5) is 140. The van der Waals surface area contributed by atoms with Gasteiger partial charge in [0.25, 0.3) is 0 Å². The van der Waals surface area contributed by atoms with E-state index in [1.807, 2.05) is 36.4 Å². The van der Waals surface area contributed by atoms with E-state index >= 15 is 9.59 Å². The lowest BCUT2D eigenvalue weighted by Gasteiger charge is -2.31. The van der Waals surface area contributed by atoms with E-state index in [0.717, 1.165) is 16.5 Å². The van der Waals surface area contributed by atoms with Crippen LogP contribution in [0.25, 0.3) is 10.9 Å². The van der Waals surface area contributed by atoms with Crippen LogP contribution in [0.3, 0.4) is 0 Å². The molecule has 2 aliphatic rings. The van der Waals surface area contributed by atoms with Crippen molar-refractivity contribution in [2.24, 2.45) is 44.6 Å². The van der Waals surface area contributed by atoms with Crippen molar-refractivity contribution in [3.8, 4) is 0 Å². The van der Waals surface area contributed by atoms with E-state index in [1.54, 1.807) is 48.7 Å². The number of para-hydroxylation sites is 1. The summed E-state index contributed by atoms with van der Waals surface area (Å²) in [6.07, 6.45) is 2.32. The molecule has 0 aliphatic carbocycles. The first-order valence-corrected chi connectivity index (χ1v) is 27.7. The Morgan fingerprint density at radius 2 is 1.34 bits per heavy atom. The summed E-state index contributed by atoms with van der Waals surface area (Å²) >= 11 is 6.23. The number of guanidine groups is 2. The molecule has 3 aromatic carbocycles. The molecule has 0 spiro atoms. The molecular formula is C56H75ClN16O9. The zero-order valence-electron chi connectivity index (χ0n) is 45.8. The molecular weight excluding hydrogens is 1080 g/mol. The Morgan fingerprint density at radius 3 is 2.04 bits per heavy atom. The van der Waals surface area contributed by atoms with Crippen LogP contribution in [0, 0.1) is 5.92 Å². The van der Waals surface area contributed by atoms with E-state index < -0.39 is 102 Å². The minimum absolute atomic E-state index is 0.0242. The first-order valence-electron chi connectivity index (χ1n) is 27.3. The molecule has 25 nitrogen and oxygen atoms in total. The molecule has 4 aromatic rings. The number of benzene rings is 3. The lowest BCUT2D eigenvalue weighted by molar-refractivity contribution is -0.143. The van der Waals surface area contributed by atoms with Crippen molar-refractivity contribution < 1.29 is 43.2 Å². The highest BCUT2D eigenvalue weighted by atomic mass is 35.5. The molecule has 9 amide bonds. The van der Waals surface area contributed by atoms with Gasteiger partial charge in [0.1, 0.15) is 42.3 Å². The smallest absolute Gasteiger partial charge is 0.246 e. The summed E-state index contributed by atoms with van der Waals surface area (Å²) < 4.78 is 0.